The molecule has 0 aromatic heterocycles. The molecule has 0 atom stereocenters. The van der Waals surface area contributed by atoms with Crippen molar-refractivity contribution in [2.45, 2.75) is 46.0 Å². The van der Waals surface area contributed by atoms with Crippen LogP contribution in [0, 0.1) is 0 Å². The van der Waals surface area contributed by atoms with Crippen LogP contribution in [0.4, 0.5) is 5.69 Å². The van der Waals surface area contributed by atoms with E-state index < -0.39 is 0 Å². The third-order valence-electron chi connectivity index (χ3n) is 4.10. The van der Waals surface area contributed by atoms with Crippen molar-refractivity contribution in [2.24, 2.45) is 0 Å². The van der Waals surface area contributed by atoms with Gasteiger partial charge in [0, 0.05) is 17.7 Å². The number of phenolic OH excluding ortho intramolecular Hbond substituents is 1. The number of benzene rings is 2. The first kappa shape index (κ1) is 21.3. The number of carbonyl (C=O) groups excluding carboxylic acids is 2. The first-order valence-electron chi connectivity index (χ1n) is 8.71. The Labute approximate surface area is 169 Å². The summed E-state index contributed by atoms with van der Waals surface area (Å²) < 4.78 is 0. The molecule has 0 saturated heterocycles. The maximum atomic E-state index is 13.0. The van der Waals surface area contributed by atoms with Gasteiger partial charge in [0.05, 0.1) is 15.6 Å². The van der Waals surface area contributed by atoms with Crippen LogP contribution in [-0.2, 0) is 10.2 Å². The van der Waals surface area contributed by atoms with Gasteiger partial charge in [0.25, 0.3) is 0 Å². The lowest BCUT2D eigenvalue weighted by atomic mass is 9.84. The summed E-state index contributed by atoms with van der Waals surface area (Å²) in [4.78, 5) is 24.7. The standard InChI is InChI=1S/C21H23Cl2NO3/c1-5-6-18(26)24-13-10-15(22)19(16(23)11-13)20(27)12-7-8-17(25)14(9-12)21(2,3)4/h7-11,25H,5-6H2,1-4H3,(H,24,26). The minimum Gasteiger partial charge on any atom is -0.508 e. The molecule has 0 aliphatic rings. The number of anilines is 1. The van der Waals surface area contributed by atoms with E-state index in [-0.39, 0.29) is 38.5 Å². The lowest BCUT2D eigenvalue weighted by Gasteiger charge is -2.21. The topological polar surface area (TPSA) is 66.4 Å². The Bertz CT molecular complexity index is 862. The highest BCUT2D eigenvalue weighted by molar-refractivity contribution is 6.41. The predicted molar refractivity (Wildman–Crippen MR) is 110 cm³/mol. The highest BCUT2D eigenvalue weighted by Crippen LogP contribution is 2.35. The Morgan fingerprint density at radius 3 is 2.19 bits per heavy atom. The molecule has 2 rings (SSSR count). The number of halogens is 2. The second kappa shape index (κ2) is 8.32. The molecule has 0 radical (unpaired) electrons. The van der Waals surface area contributed by atoms with E-state index in [4.69, 9.17) is 23.2 Å². The van der Waals surface area contributed by atoms with Crippen LogP contribution in [0.25, 0.3) is 0 Å². The molecule has 0 unspecified atom stereocenters. The summed E-state index contributed by atoms with van der Waals surface area (Å²) in [6.45, 7) is 7.75. The molecular weight excluding hydrogens is 385 g/mol. The molecule has 2 aromatic rings. The van der Waals surface area contributed by atoms with Gasteiger partial charge in [-0.2, -0.15) is 0 Å². The number of nitrogens with one attached hydrogen (secondary N) is 1. The van der Waals surface area contributed by atoms with Crippen LogP contribution in [0.2, 0.25) is 10.0 Å². The van der Waals surface area contributed by atoms with Gasteiger partial charge in [0.2, 0.25) is 5.91 Å². The van der Waals surface area contributed by atoms with Gasteiger partial charge in [-0.05, 0) is 47.7 Å². The maximum Gasteiger partial charge on any atom is 0.224 e. The Morgan fingerprint density at radius 2 is 1.67 bits per heavy atom. The summed E-state index contributed by atoms with van der Waals surface area (Å²) >= 11 is 12.6. The number of phenols is 1. The van der Waals surface area contributed by atoms with Gasteiger partial charge in [-0.3, -0.25) is 9.59 Å². The summed E-state index contributed by atoms with van der Waals surface area (Å²) in [6.07, 6.45) is 1.11. The van der Waals surface area contributed by atoms with Crippen molar-refractivity contribution in [1.82, 2.24) is 0 Å². The minimum absolute atomic E-state index is 0.130. The van der Waals surface area contributed by atoms with E-state index >= 15 is 0 Å². The number of hydrogen-bond acceptors (Lipinski definition) is 3. The van der Waals surface area contributed by atoms with Crippen molar-refractivity contribution in [3.63, 3.8) is 0 Å². The molecule has 0 aliphatic heterocycles. The third kappa shape index (κ3) is 5.02. The normalized spacial score (nSPS) is 11.3. The first-order chi connectivity index (χ1) is 12.5. The second-order valence-electron chi connectivity index (χ2n) is 7.42. The quantitative estimate of drug-likeness (QED) is 0.600. The highest BCUT2D eigenvalue weighted by Gasteiger charge is 2.23. The Kier molecular flexibility index (Phi) is 6.55. The van der Waals surface area contributed by atoms with Crippen molar-refractivity contribution in [3.8, 4) is 5.75 Å². The van der Waals surface area contributed by atoms with Crippen molar-refractivity contribution in [3.05, 3.63) is 57.1 Å². The molecular formula is C21H23Cl2NO3. The summed E-state index contributed by atoms with van der Waals surface area (Å²) in [5, 5.41) is 13.1. The summed E-state index contributed by atoms with van der Waals surface area (Å²) in [7, 11) is 0. The molecule has 2 N–H and O–H groups in total. The van der Waals surface area contributed by atoms with E-state index in [0.717, 1.165) is 6.42 Å². The summed E-state index contributed by atoms with van der Waals surface area (Å²) in [5.41, 5.74) is 1.31. The molecule has 1 amide bonds. The van der Waals surface area contributed by atoms with Gasteiger partial charge in [-0.15, -0.1) is 0 Å². The molecule has 27 heavy (non-hydrogen) atoms. The number of aromatic hydroxyl groups is 1. The average molecular weight is 408 g/mol. The number of amides is 1. The third-order valence-corrected chi connectivity index (χ3v) is 4.69. The number of ketones is 1. The van der Waals surface area contributed by atoms with Gasteiger partial charge in [-0.1, -0.05) is 50.9 Å². The zero-order valence-corrected chi connectivity index (χ0v) is 17.3. The zero-order valence-electron chi connectivity index (χ0n) is 15.8. The lowest BCUT2D eigenvalue weighted by molar-refractivity contribution is -0.116. The molecule has 0 saturated carbocycles. The molecule has 4 nitrogen and oxygen atoms in total. The SMILES string of the molecule is CCCC(=O)Nc1cc(Cl)c(C(=O)c2ccc(O)c(C(C)(C)C)c2)c(Cl)c1. The molecule has 6 heteroatoms. The van der Waals surface area contributed by atoms with E-state index in [1.807, 2.05) is 27.7 Å². The summed E-state index contributed by atoms with van der Waals surface area (Å²) in [5.74, 6) is -0.357. The van der Waals surface area contributed by atoms with Crippen LogP contribution in [0.1, 0.15) is 62.0 Å². The largest absolute Gasteiger partial charge is 0.508 e. The maximum absolute atomic E-state index is 13.0. The van der Waals surface area contributed by atoms with Gasteiger partial charge >= 0.3 is 0 Å². The fraction of sp³-hybridized carbons (Fsp3) is 0.333. The molecule has 0 spiro atoms. The molecule has 0 aliphatic carbocycles. The molecule has 2 aromatic carbocycles. The number of rotatable bonds is 5. The number of hydrogen-bond donors (Lipinski definition) is 2. The van der Waals surface area contributed by atoms with Crippen molar-refractivity contribution in [1.29, 1.82) is 0 Å². The predicted octanol–water partition coefficient (Wildman–Crippen LogP) is 5.97. The van der Waals surface area contributed by atoms with Crippen molar-refractivity contribution in [2.75, 3.05) is 5.32 Å². The van der Waals surface area contributed by atoms with Crippen LogP contribution in [0.3, 0.4) is 0 Å². The fourth-order valence-corrected chi connectivity index (χ4v) is 3.39. The lowest BCUT2D eigenvalue weighted by Crippen LogP contribution is -2.14. The van der Waals surface area contributed by atoms with Crippen LogP contribution in [0.5, 0.6) is 5.75 Å². The molecule has 0 fully saturated rings. The van der Waals surface area contributed by atoms with Gasteiger partial charge in [0.1, 0.15) is 5.75 Å². The molecule has 144 valence electrons. The minimum atomic E-state index is -0.345. The molecule has 0 heterocycles. The Balaban J connectivity index is 2.41. The monoisotopic (exact) mass is 407 g/mol. The van der Waals surface area contributed by atoms with Gasteiger partial charge < -0.3 is 10.4 Å². The van der Waals surface area contributed by atoms with Crippen LogP contribution in [0.15, 0.2) is 30.3 Å². The second-order valence-corrected chi connectivity index (χ2v) is 8.24. The van der Waals surface area contributed by atoms with Gasteiger partial charge in [-0.25, -0.2) is 0 Å². The zero-order chi connectivity index (χ0) is 20.4. The van der Waals surface area contributed by atoms with Crippen molar-refractivity contribution < 1.29 is 14.7 Å². The Morgan fingerprint density at radius 1 is 1.07 bits per heavy atom. The van der Waals surface area contributed by atoms with Gasteiger partial charge in [0.15, 0.2) is 5.78 Å². The van der Waals surface area contributed by atoms with E-state index in [2.05, 4.69) is 5.32 Å². The Hall–Kier alpha value is -2.04. The average Bonchev–Trinajstić information content (AvgIpc) is 2.53. The summed E-state index contributed by atoms with van der Waals surface area (Å²) in [6, 6.07) is 7.71. The van der Waals surface area contributed by atoms with Crippen LogP contribution in [-0.4, -0.2) is 16.8 Å². The smallest absolute Gasteiger partial charge is 0.224 e. The van der Waals surface area contributed by atoms with Crippen LogP contribution >= 0.6 is 23.2 Å². The van der Waals surface area contributed by atoms with E-state index in [1.165, 1.54) is 24.3 Å². The molecule has 0 bridgehead atoms. The van der Waals surface area contributed by atoms with E-state index in [0.29, 0.717) is 23.2 Å². The number of carbonyl (C=O) groups is 2. The van der Waals surface area contributed by atoms with E-state index in [9.17, 15) is 14.7 Å². The fourth-order valence-electron chi connectivity index (χ4n) is 2.74. The van der Waals surface area contributed by atoms with Crippen molar-refractivity contribution >= 4 is 40.6 Å². The van der Waals surface area contributed by atoms with Crippen LogP contribution < -0.4 is 5.32 Å². The first-order valence-corrected chi connectivity index (χ1v) is 9.47. The highest BCUT2D eigenvalue weighted by atomic mass is 35.5. The van der Waals surface area contributed by atoms with E-state index in [1.54, 1.807) is 6.07 Å².